The summed E-state index contributed by atoms with van der Waals surface area (Å²) < 4.78 is 33.2. The van der Waals surface area contributed by atoms with Crippen molar-refractivity contribution in [1.29, 1.82) is 0 Å². The van der Waals surface area contributed by atoms with Gasteiger partial charge in [-0.1, -0.05) is 13.0 Å². The second-order valence-electron chi connectivity index (χ2n) is 4.69. The zero-order valence-electron chi connectivity index (χ0n) is 11.1. The molecule has 1 aromatic rings. The summed E-state index contributed by atoms with van der Waals surface area (Å²) in [6.07, 6.45) is 4.23. The van der Waals surface area contributed by atoms with Gasteiger partial charge in [-0.3, -0.25) is 0 Å². The number of nitrogens with one attached hydrogen (secondary N) is 1. The Balaban J connectivity index is 2.33. The second kappa shape index (κ2) is 6.66. The molecule has 0 aliphatic carbocycles. The van der Waals surface area contributed by atoms with Gasteiger partial charge in [-0.2, -0.15) is 0 Å². The number of rotatable bonds is 5. The molecule has 0 saturated carbocycles. The van der Waals surface area contributed by atoms with Crippen LogP contribution in [0.5, 0.6) is 0 Å². The first-order valence-corrected chi connectivity index (χ1v) is 6.72. The SMILES string of the molecule is CCCNC(C1=COCCC1)c1c(F)cccc1F. The van der Waals surface area contributed by atoms with E-state index in [2.05, 4.69) is 5.32 Å². The molecule has 0 amide bonds. The molecular weight excluding hydrogens is 248 g/mol. The predicted molar refractivity (Wildman–Crippen MR) is 70.7 cm³/mol. The Kier molecular flexibility index (Phi) is 4.91. The highest BCUT2D eigenvalue weighted by Crippen LogP contribution is 2.31. The molecule has 0 spiro atoms. The molecule has 0 aromatic heterocycles. The van der Waals surface area contributed by atoms with Crippen LogP contribution < -0.4 is 5.32 Å². The Labute approximate surface area is 112 Å². The second-order valence-corrected chi connectivity index (χ2v) is 4.69. The van der Waals surface area contributed by atoms with E-state index in [0.29, 0.717) is 13.2 Å². The fraction of sp³-hybridized carbons (Fsp3) is 0.467. The Bertz CT molecular complexity index is 439. The summed E-state index contributed by atoms with van der Waals surface area (Å²) in [7, 11) is 0. The van der Waals surface area contributed by atoms with E-state index in [1.165, 1.54) is 18.2 Å². The molecule has 0 saturated heterocycles. The maximum absolute atomic E-state index is 13.9. The van der Waals surface area contributed by atoms with E-state index in [0.717, 1.165) is 24.8 Å². The van der Waals surface area contributed by atoms with Crippen LogP contribution in [-0.4, -0.2) is 13.2 Å². The smallest absolute Gasteiger partial charge is 0.131 e. The van der Waals surface area contributed by atoms with Crippen LogP contribution in [0.1, 0.15) is 37.8 Å². The van der Waals surface area contributed by atoms with Crippen LogP contribution in [0.3, 0.4) is 0 Å². The molecule has 2 nitrogen and oxygen atoms in total. The largest absolute Gasteiger partial charge is 0.501 e. The average Bonchev–Trinajstić information content (AvgIpc) is 2.43. The molecule has 1 heterocycles. The summed E-state index contributed by atoms with van der Waals surface area (Å²) in [5.74, 6) is -1.03. The highest BCUT2D eigenvalue weighted by Gasteiger charge is 2.24. The molecule has 1 atom stereocenters. The summed E-state index contributed by atoms with van der Waals surface area (Å²) in [5.41, 5.74) is 0.997. The standard InChI is InChI=1S/C15H19F2NO/c1-2-8-18-15(11-5-4-9-19-10-11)14-12(16)6-3-7-13(14)17/h3,6-7,10,15,18H,2,4-5,8-9H2,1H3. The minimum Gasteiger partial charge on any atom is -0.501 e. The summed E-state index contributed by atoms with van der Waals surface area (Å²) in [6, 6.07) is 3.53. The summed E-state index contributed by atoms with van der Waals surface area (Å²) in [5, 5.41) is 3.21. The van der Waals surface area contributed by atoms with Gasteiger partial charge in [-0.15, -0.1) is 0 Å². The molecule has 1 aromatic carbocycles. The molecule has 19 heavy (non-hydrogen) atoms. The quantitative estimate of drug-likeness (QED) is 0.878. The first-order valence-electron chi connectivity index (χ1n) is 6.72. The van der Waals surface area contributed by atoms with Crippen LogP contribution in [0.25, 0.3) is 0 Å². The van der Waals surface area contributed by atoms with Crippen molar-refractivity contribution in [2.75, 3.05) is 13.2 Å². The fourth-order valence-corrected chi connectivity index (χ4v) is 2.29. The minimum atomic E-state index is -0.514. The summed E-state index contributed by atoms with van der Waals surface area (Å²) in [4.78, 5) is 0. The van der Waals surface area contributed by atoms with Crippen molar-refractivity contribution >= 4 is 0 Å². The monoisotopic (exact) mass is 267 g/mol. The van der Waals surface area contributed by atoms with Crippen molar-refractivity contribution in [3.63, 3.8) is 0 Å². The minimum absolute atomic E-state index is 0.0905. The number of hydrogen-bond donors (Lipinski definition) is 1. The summed E-state index contributed by atoms with van der Waals surface area (Å²) in [6.45, 7) is 3.40. The van der Waals surface area contributed by atoms with E-state index in [1.54, 1.807) is 6.26 Å². The van der Waals surface area contributed by atoms with Crippen LogP contribution in [0, 0.1) is 11.6 Å². The average molecular weight is 267 g/mol. The van der Waals surface area contributed by atoms with Gasteiger partial charge in [0.15, 0.2) is 0 Å². The first-order chi connectivity index (χ1) is 9.24. The molecule has 0 bridgehead atoms. The maximum Gasteiger partial charge on any atom is 0.131 e. The van der Waals surface area contributed by atoms with Crippen molar-refractivity contribution < 1.29 is 13.5 Å². The normalized spacial score (nSPS) is 16.7. The van der Waals surface area contributed by atoms with Crippen LogP contribution >= 0.6 is 0 Å². The van der Waals surface area contributed by atoms with Gasteiger partial charge < -0.3 is 10.1 Å². The third kappa shape index (κ3) is 3.32. The van der Waals surface area contributed by atoms with Gasteiger partial charge in [-0.25, -0.2) is 8.78 Å². The molecule has 104 valence electrons. The van der Waals surface area contributed by atoms with E-state index in [4.69, 9.17) is 4.74 Å². The molecule has 1 aliphatic rings. The lowest BCUT2D eigenvalue weighted by Gasteiger charge is -2.25. The molecule has 1 unspecified atom stereocenters. The molecule has 2 rings (SSSR count). The third-order valence-electron chi connectivity index (χ3n) is 3.22. The molecular formula is C15H19F2NO. The maximum atomic E-state index is 13.9. The Morgan fingerprint density at radius 1 is 1.32 bits per heavy atom. The lowest BCUT2D eigenvalue weighted by Crippen LogP contribution is -2.27. The van der Waals surface area contributed by atoms with Gasteiger partial charge in [-0.05, 0) is 43.5 Å². The highest BCUT2D eigenvalue weighted by molar-refractivity contribution is 5.31. The highest BCUT2D eigenvalue weighted by atomic mass is 19.1. The van der Waals surface area contributed by atoms with E-state index >= 15 is 0 Å². The van der Waals surface area contributed by atoms with Crippen molar-refractivity contribution in [3.05, 3.63) is 47.2 Å². The van der Waals surface area contributed by atoms with Crippen LogP contribution in [-0.2, 0) is 4.74 Å². The van der Waals surface area contributed by atoms with Gasteiger partial charge in [0.2, 0.25) is 0 Å². The molecule has 0 fully saturated rings. The number of halogens is 2. The molecule has 1 aliphatic heterocycles. The topological polar surface area (TPSA) is 21.3 Å². The number of hydrogen-bond acceptors (Lipinski definition) is 2. The van der Waals surface area contributed by atoms with Crippen molar-refractivity contribution in [3.8, 4) is 0 Å². The van der Waals surface area contributed by atoms with Gasteiger partial charge >= 0.3 is 0 Å². The van der Waals surface area contributed by atoms with Crippen molar-refractivity contribution in [2.45, 2.75) is 32.2 Å². The van der Waals surface area contributed by atoms with E-state index in [-0.39, 0.29) is 5.56 Å². The van der Waals surface area contributed by atoms with E-state index < -0.39 is 17.7 Å². The zero-order valence-corrected chi connectivity index (χ0v) is 11.1. The molecule has 1 N–H and O–H groups in total. The lowest BCUT2D eigenvalue weighted by atomic mass is 9.94. The summed E-state index contributed by atoms with van der Waals surface area (Å²) >= 11 is 0. The van der Waals surface area contributed by atoms with Gasteiger partial charge in [0, 0.05) is 5.56 Å². The first kappa shape index (κ1) is 14.0. The number of benzene rings is 1. The lowest BCUT2D eigenvalue weighted by molar-refractivity contribution is 0.219. The number of ether oxygens (including phenoxy) is 1. The Morgan fingerprint density at radius 3 is 2.63 bits per heavy atom. The Morgan fingerprint density at radius 2 is 2.05 bits per heavy atom. The van der Waals surface area contributed by atoms with Gasteiger partial charge in [0.05, 0.1) is 18.9 Å². The van der Waals surface area contributed by atoms with Crippen LogP contribution in [0.2, 0.25) is 0 Å². The zero-order chi connectivity index (χ0) is 13.7. The van der Waals surface area contributed by atoms with E-state index in [1.807, 2.05) is 6.92 Å². The third-order valence-corrected chi connectivity index (χ3v) is 3.22. The van der Waals surface area contributed by atoms with Crippen LogP contribution in [0.15, 0.2) is 30.0 Å². The fourth-order valence-electron chi connectivity index (χ4n) is 2.29. The van der Waals surface area contributed by atoms with Gasteiger partial charge in [0.1, 0.15) is 11.6 Å². The van der Waals surface area contributed by atoms with Gasteiger partial charge in [0.25, 0.3) is 0 Å². The molecule has 4 heteroatoms. The van der Waals surface area contributed by atoms with Crippen LogP contribution in [0.4, 0.5) is 8.78 Å². The van der Waals surface area contributed by atoms with E-state index in [9.17, 15) is 8.78 Å². The predicted octanol–water partition coefficient (Wildman–Crippen LogP) is 3.70. The Hall–Kier alpha value is -1.42. The van der Waals surface area contributed by atoms with Crippen molar-refractivity contribution in [1.82, 2.24) is 5.32 Å². The van der Waals surface area contributed by atoms with Crippen molar-refractivity contribution in [2.24, 2.45) is 0 Å². The molecule has 0 radical (unpaired) electrons.